The zero-order chi connectivity index (χ0) is 16.4. The van der Waals surface area contributed by atoms with Crippen molar-refractivity contribution in [1.82, 2.24) is 15.1 Å². The molecule has 1 aromatic carbocycles. The average Bonchev–Trinajstić information content (AvgIpc) is 3.34. The lowest BCUT2D eigenvalue weighted by Gasteiger charge is -2.34. The van der Waals surface area contributed by atoms with Gasteiger partial charge in [-0.3, -0.25) is 9.89 Å². The van der Waals surface area contributed by atoms with Crippen LogP contribution < -0.4 is 4.90 Å². The molecule has 3 heterocycles. The highest BCUT2D eigenvalue weighted by molar-refractivity contribution is 5.94. The number of nitrogens with zero attached hydrogens (tertiary/aromatic N) is 3. The summed E-state index contributed by atoms with van der Waals surface area (Å²) >= 11 is 0. The van der Waals surface area contributed by atoms with Gasteiger partial charge in [0, 0.05) is 32.2 Å². The van der Waals surface area contributed by atoms with E-state index in [0.717, 1.165) is 30.2 Å². The zero-order valence-corrected chi connectivity index (χ0v) is 13.2. The number of nitrogens with one attached hydrogen (secondary N) is 1. The maximum Gasteiger partial charge on any atom is 0.257 e. The summed E-state index contributed by atoms with van der Waals surface area (Å²) in [7, 11) is 0. The molecule has 2 aromatic heterocycles. The van der Waals surface area contributed by atoms with E-state index >= 15 is 0 Å². The lowest BCUT2D eigenvalue weighted by Crippen LogP contribution is -2.48. The van der Waals surface area contributed by atoms with E-state index in [4.69, 9.17) is 4.42 Å². The van der Waals surface area contributed by atoms with Crippen molar-refractivity contribution in [3.05, 3.63) is 60.6 Å². The van der Waals surface area contributed by atoms with Crippen LogP contribution in [0.15, 0.2) is 59.4 Å². The molecule has 1 amide bonds. The summed E-state index contributed by atoms with van der Waals surface area (Å²) < 4.78 is 4.99. The normalized spacial score (nSPS) is 14.8. The van der Waals surface area contributed by atoms with Gasteiger partial charge in [0.2, 0.25) is 0 Å². The van der Waals surface area contributed by atoms with Gasteiger partial charge in [0.1, 0.15) is 6.26 Å². The first-order valence-electron chi connectivity index (χ1n) is 7.98. The molecule has 0 unspecified atom stereocenters. The van der Waals surface area contributed by atoms with E-state index in [2.05, 4.69) is 33.3 Å². The summed E-state index contributed by atoms with van der Waals surface area (Å²) in [5.41, 5.74) is 2.72. The van der Waals surface area contributed by atoms with Gasteiger partial charge in [-0.2, -0.15) is 5.10 Å². The summed E-state index contributed by atoms with van der Waals surface area (Å²) in [5.74, 6) is 0.944. The molecule has 24 heavy (non-hydrogen) atoms. The zero-order valence-electron chi connectivity index (χ0n) is 13.2. The van der Waals surface area contributed by atoms with E-state index < -0.39 is 0 Å². The van der Waals surface area contributed by atoms with Gasteiger partial charge in [0.05, 0.1) is 17.5 Å². The van der Waals surface area contributed by atoms with Crippen LogP contribution in [0.25, 0.3) is 11.3 Å². The van der Waals surface area contributed by atoms with Crippen molar-refractivity contribution in [2.24, 2.45) is 0 Å². The molecule has 1 N–H and O–H groups in total. The summed E-state index contributed by atoms with van der Waals surface area (Å²) in [5, 5.41) is 7.51. The highest BCUT2D eigenvalue weighted by Crippen LogP contribution is 2.22. The van der Waals surface area contributed by atoms with Crippen molar-refractivity contribution in [3.8, 4) is 11.3 Å². The van der Waals surface area contributed by atoms with Crippen LogP contribution in [0.5, 0.6) is 0 Å². The number of rotatable bonds is 3. The van der Waals surface area contributed by atoms with Crippen LogP contribution in [0.1, 0.15) is 10.4 Å². The quantitative estimate of drug-likeness (QED) is 0.805. The Hall–Kier alpha value is -3.02. The summed E-state index contributed by atoms with van der Waals surface area (Å²) in [6.07, 6.45) is 3.02. The van der Waals surface area contributed by atoms with Crippen LogP contribution in [0.3, 0.4) is 0 Å². The molecule has 0 bridgehead atoms. The topological polar surface area (TPSA) is 65.4 Å². The maximum absolute atomic E-state index is 12.3. The molecule has 0 spiro atoms. The fourth-order valence-electron chi connectivity index (χ4n) is 2.95. The Kier molecular flexibility index (Phi) is 3.78. The minimum absolute atomic E-state index is 0.0235. The van der Waals surface area contributed by atoms with Crippen LogP contribution in [0, 0.1) is 0 Å². The largest absolute Gasteiger partial charge is 0.472 e. The Balaban J connectivity index is 1.41. The van der Waals surface area contributed by atoms with Crippen LogP contribution in [0.4, 0.5) is 5.82 Å². The van der Waals surface area contributed by atoms with Gasteiger partial charge in [0.25, 0.3) is 5.91 Å². The van der Waals surface area contributed by atoms with Gasteiger partial charge in [-0.05, 0) is 11.6 Å². The molecular weight excluding hydrogens is 304 g/mol. The van der Waals surface area contributed by atoms with E-state index in [1.54, 1.807) is 6.07 Å². The third-order valence-electron chi connectivity index (χ3n) is 4.31. The van der Waals surface area contributed by atoms with E-state index in [-0.39, 0.29) is 5.91 Å². The fraction of sp³-hybridized carbons (Fsp3) is 0.222. The number of amides is 1. The standard InChI is InChI=1S/C18H18N4O2/c23-18(15-6-11-24-13-15)22-9-7-21(8-10-22)17-12-16(19-20-17)14-4-2-1-3-5-14/h1-6,11-13H,7-10H2,(H,19,20). The maximum atomic E-state index is 12.3. The van der Waals surface area contributed by atoms with Gasteiger partial charge in [-0.1, -0.05) is 30.3 Å². The van der Waals surface area contributed by atoms with Crippen molar-refractivity contribution in [2.45, 2.75) is 0 Å². The van der Waals surface area contributed by atoms with Gasteiger partial charge in [0.15, 0.2) is 5.82 Å². The molecule has 1 saturated heterocycles. The minimum Gasteiger partial charge on any atom is -0.472 e. The number of anilines is 1. The van der Waals surface area contributed by atoms with Crippen molar-refractivity contribution in [1.29, 1.82) is 0 Å². The highest BCUT2D eigenvalue weighted by Gasteiger charge is 2.24. The Bertz CT molecular complexity index is 803. The second kappa shape index (κ2) is 6.23. The van der Waals surface area contributed by atoms with Crippen molar-refractivity contribution in [2.75, 3.05) is 31.1 Å². The first-order chi connectivity index (χ1) is 11.8. The van der Waals surface area contributed by atoms with Crippen LogP contribution in [0.2, 0.25) is 0 Å². The number of aromatic nitrogens is 2. The number of hydrogen-bond acceptors (Lipinski definition) is 4. The number of benzene rings is 1. The summed E-state index contributed by atoms with van der Waals surface area (Å²) in [6.45, 7) is 2.89. The molecule has 6 nitrogen and oxygen atoms in total. The monoisotopic (exact) mass is 322 g/mol. The summed E-state index contributed by atoms with van der Waals surface area (Å²) in [4.78, 5) is 16.4. The predicted molar refractivity (Wildman–Crippen MR) is 90.8 cm³/mol. The molecule has 1 aliphatic heterocycles. The molecule has 1 aliphatic rings. The van der Waals surface area contributed by atoms with Crippen LogP contribution >= 0.6 is 0 Å². The van der Waals surface area contributed by atoms with Crippen LogP contribution in [-0.4, -0.2) is 47.2 Å². The van der Waals surface area contributed by atoms with E-state index in [1.165, 1.54) is 12.5 Å². The molecule has 0 radical (unpaired) electrons. The van der Waals surface area contributed by atoms with E-state index in [0.29, 0.717) is 18.7 Å². The van der Waals surface area contributed by atoms with Gasteiger partial charge >= 0.3 is 0 Å². The fourth-order valence-corrected chi connectivity index (χ4v) is 2.95. The molecule has 6 heteroatoms. The molecule has 0 atom stereocenters. The number of H-pyrrole nitrogens is 1. The molecule has 4 rings (SSSR count). The molecular formula is C18H18N4O2. The lowest BCUT2D eigenvalue weighted by atomic mass is 10.1. The Morgan fingerprint density at radius 3 is 2.58 bits per heavy atom. The van der Waals surface area contributed by atoms with Gasteiger partial charge in [-0.15, -0.1) is 0 Å². The number of carbonyl (C=O) groups excluding carboxylic acids is 1. The first kappa shape index (κ1) is 14.6. The molecule has 0 aliphatic carbocycles. The Morgan fingerprint density at radius 2 is 1.88 bits per heavy atom. The number of piperazine rings is 1. The molecule has 1 fully saturated rings. The van der Waals surface area contributed by atoms with Crippen molar-refractivity contribution in [3.63, 3.8) is 0 Å². The number of furan rings is 1. The number of aromatic amines is 1. The second-order valence-corrected chi connectivity index (χ2v) is 5.80. The van der Waals surface area contributed by atoms with Crippen molar-refractivity contribution < 1.29 is 9.21 Å². The summed E-state index contributed by atoms with van der Waals surface area (Å²) in [6, 6.07) is 13.9. The Labute approximate surface area is 139 Å². The minimum atomic E-state index is 0.0235. The highest BCUT2D eigenvalue weighted by atomic mass is 16.3. The average molecular weight is 322 g/mol. The van der Waals surface area contributed by atoms with E-state index in [9.17, 15) is 4.79 Å². The molecule has 0 saturated carbocycles. The Morgan fingerprint density at radius 1 is 1.08 bits per heavy atom. The molecule has 122 valence electrons. The predicted octanol–water partition coefficient (Wildman–Crippen LogP) is 2.63. The third kappa shape index (κ3) is 2.78. The first-order valence-corrected chi connectivity index (χ1v) is 7.98. The molecule has 3 aromatic rings. The smallest absolute Gasteiger partial charge is 0.257 e. The third-order valence-corrected chi connectivity index (χ3v) is 4.31. The SMILES string of the molecule is O=C(c1ccoc1)N1CCN(c2cc(-c3ccccc3)[nH]n2)CC1. The van der Waals surface area contributed by atoms with Crippen LogP contribution in [-0.2, 0) is 0 Å². The number of carbonyl (C=O) groups is 1. The van der Waals surface area contributed by atoms with Gasteiger partial charge in [-0.25, -0.2) is 0 Å². The second-order valence-electron chi connectivity index (χ2n) is 5.80. The van der Waals surface area contributed by atoms with E-state index in [1.807, 2.05) is 23.1 Å². The van der Waals surface area contributed by atoms with Crippen molar-refractivity contribution >= 4 is 11.7 Å². The van der Waals surface area contributed by atoms with Gasteiger partial charge < -0.3 is 14.2 Å². The number of hydrogen-bond donors (Lipinski definition) is 1. The lowest BCUT2D eigenvalue weighted by molar-refractivity contribution is 0.0746.